The highest BCUT2D eigenvalue weighted by Gasteiger charge is 2.17. The van der Waals surface area contributed by atoms with Crippen molar-refractivity contribution in [2.45, 2.75) is 25.4 Å². The molecule has 72 valence electrons. The molecular formula is C10H16N2O. The lowest BCUT2D eigenvalue weighted by atomic mass is 10.2. The minimum absolute atomic E-state index is 0.319. The van der Waals surface area contributed by atoms with Gasteiger partial charge in [0.25, 0.3) is 0 Å². The lowest BCUT2D eigenvalue weighted by Gasteiger charge is -2.16. The van der Waals surface area contributed by atoms with Gasteiger partial charge in [-0.3, -0.25) is 0 Å². The third-order valence-electron chi connectivity index (χ3n) is 2.52. The zero-order valence-corrected chi connectivity index (χ0v) is 7.92. The summed E-state index contributed by atoms with van der Waals surface area (Å²) in [5.41, 5.74) is 0. The first-order valence-electron chi connectivity index (χ1n) is 4.86. The average Bonchev–Trinajstić information content (AvgIpc) is 2.74. The molecule has 0 unspecified atom stereocenters. The second-order valence-electron chi connectivity index (χ2n) is 3.59. The summed E-state index contributed by atoms with van der Waals surface area (Å²) >= 11 is 0. The molecule has 1 fully saturated rings. The fraction of sp³-hybridized carbons (Fsp3) is 0.600. The number of rotatable bonds is 3. The van der Waals surface area contributed by atoms with Gasteiger partial charge < -0.3 is 15.1 Å². The standard InChI is InChI=1S/C10H16N2O/c1-8(10-3-2-6-13-10)12-9-4-5-11-7-9/h2-3,6,8-9,11-12H,4-5,7H2,1H3/t8-,9+/m1/s1. The van der Waals surface area contributed by atoms with Crippen LogP contribution in [0.25, 0.3) is 0 Å². The molecule has 2 atom stereocenters. The van der Waals surface area contributed by atoms with Crippen LogP contribution in [0, 0.1) is 0 Å². The Bertz CT molecular complexity index is 239. The van der Waals surface area contributed by atoms with Crippen molar-refractivity contribution in [3.05, 3.63) is 24.2 Å². The third kappa shape index (κ3) is 2.11. The van der Waals surface area contributed by atoms with E-state index in [1.165, 1.54) is 6.42 Å². The van der Waals surface area contributed by atoms with Crippen molar-refractivity contribution in [3.8, 4) is 0 Å². The van der Waals surface area contributed by atoms with Crippen molar-refractivity contribution >= 4 is 0 Å². The molecule has 0 spiro atoms. The summed E-state index contributed by atoms with van der Waals surface area (Å²) in [4.78, 5) is 0. The van der Waals surface area contributed by atoms with Gasteiger partial charge in [0.15, 0.2) is 0 Å². The zero-order valence-electron chi connectivity index (χ0n) is 7.92. The van der Waals surface area contributed by atoms with Crippen LogP contribution in [0.15, 0.2) is 22.8 Å². The summed E-state index contributed by atoms with van der Waals surface area (Å²) in [6.07, 6.45) is 2.94. The van der Waals surface area contributed by atoms with Gasteiger partial charge in [0.1, 0.15) is 5.76 Å². The first-order valence-corrected chi connectivity index (χ1v) is 4.86. The van der Waals surface area contributed by atoms with Crippen LogP contribution in [0.2, 0.25) is 0 Å². The monoisotopic (exact) mass is 180 g/mol. The third-order valence-corrected chi connectivity index (χ3v) is 2.52. The van der Waals surface area contributed by atoms with Crippen molar-refractivity contribution in [1.29, 1.82) is 0 Å². The minimum atomic E-state index is 0.319. The van der Waals surface area contributed by atoms with Crippen molar-refractivity contribution in [2.75, 3.05) is 13.1 Å². The first kappa shape index (κ1) is 8.78. The van der Waals surface area contributed by atoms with E-state index in [9.17, 15) is 0 Å². The molecule has 0 amide bonds. The summed E-state index contributed by atoms with van der Waals surface area (Å²) in [6.45, 7) is 4.34. The van der Waals surface area contributed by atoms with Crippen molar-refractivity contribution in [2.24, 2.45) is 0 Å². The quantitative estimate of drug-likeness (QED) is 0.736. The fourth-order valence-electron chi connectivity index (χ4n) is 1.77. The Morgan fingerprint density at radius 1 is 1.69 bits per heavy atom. The van der Waals surface area contributed by atoms with Gasteiger partial charge in [-0.25, -0.2) is 0 Å². The topological polar surface area (TPSA) is 37.2 Å². The van der Waals surface area contributed by atoms with E-state index in [2.05, 4.69) is 17.6 Å². The molecular weight excluding hydrogens is 164 g/mol. The Morgan fingerprint density at radius 2 is 2.62 bits per heavy atom. The Morgan fingerprint density at radius 3 is 3.23 bits per heavy atom. The number of hydrogen-bond acceptors (Lipinski definition) is 3. The predicted molar refractivity (Wildman–Crippen MR) is 51.5 cm³/mol. The highest BCUT2D eigenvalue weighted by molar-refractivity contribution is 5.03. The van der Waals surface area contributed by atoms with Crippen LogP contribution in [0.4, 0.5) is 0 Å². The Balaban J connectivity index is 1.87. The van der Waals surface area contributed by atoms with Crippen LogP contribution in [-0.2, 0) is 0 Å². The van der Waals surface area contributed by atoms with Crippen molar-refractivity contribution in [1.82, 2.24) is 10.6 Å². The maximum absolute atomic E-state index is 5.32. The molecule has 0 aliphatic carbocycles. The smallest absolute Gasteiger partial charge is 0.120 e. The molecule has 1 aliphatic heterocycles. The normalized spacial score (nSPS) is 24.8. The van der Waals surface area contributed by atoms with E-state index in [4.69, 9.17) is 4.42 Å². The Labute approximate surface area is 78.5 Å². The highest BCUT2D eigenvalue weighted by Crippen LogP contribution is 2.14. The van der Waals surface area contributed by atoms with Crippen LogP contribution in [0.5, 0.6) is 0 Å². The van der Waals surface area contributed by atoms with E-state index in [0.717, 1.165) is 18.8 Å². The molecule has 1 saturated heterocycles. The molecule has 0 aromatic carbocycles. The van der Waals surface area contributed by atoms with Crippen molar-refractivity contribution in [3.63, 3.8) is 0 Å². The largest absolute Gasteiger partial charge is 0.468 e. The molecule has 1 aromatic rings. The second kappa shape index (κ2) is 3.94. The summed E-state index contributed by atoms with van der Waals surface area (Å²) < 4.78 is 5.32. The van der Waals surface area contributed by atoms with E-state index in [-0.39, 0.29) is 0 Å². The van der Waals surface area contributed by atoms with Crippen LogP contribution >= 0.6 is 0 Å². The van der Waals surface area contributed by atoms with Crippen LogP contribution in [-0.4, -0.2) is 19.1 Å². The van der Waals surface area contributed by atoms with E-state index in [0.29, 0.717) is 12.1 Å². The molecule has 0 bridgehead atoms. The van der Waals surface area contributed by atoms with Crippen LogP contribution in [0.3, 0.4) is 0 Å². The van der Waals surface area contributed by atoms with Crippen LogP contribution in [0.1, 0.15) is 25.1 Å². The molecule has 1 aromatic heterocycles. The zero-order chi connectivity index (χ0) is 9.10. The minimum Gasteiger partial charge on any atom is -0.468 e. The van der Waals surface area contributed by atoms with Gasteiger partial charge in [-0.15, -0.1) is 0 Å². The van der Waals surface area contributed by atoms with Gasteiger partial charge in [0.05, 0.1) is 12.3 Å². The predicted octanol–water partition coefficient (Wildman–Crippen LogP) is 1.29. The summed E-state index contributed by atoms with van der Waals surface area (Å²) in [7, 11) is 0. The molecule has 0 radical (unpaired) electrons. The van der Waals surface area contributed by atoms with E-state index in [1.54, 1.807) is 6.26 Å². The fourth-order valence-corrected chi connectivity index (χ4v) is 1.77. The summed E-state index contributed by atoms with van der Waals surface area (Å²) in [5.74, 6) is 1.02. The van der Waals surface area contributed by atoms with Crippen molar-refractivity contribution < 1.29 is 4.42 Å². The Hall–Kier alpha value is -0.800. The van der Waals surface area contributed by atoms with Gasteiger partial charge in [0.2, 0.25) is 0 Å². The molecule has 2 rings (SSSR count). The maximum Gasteiger partial charge on any atom is 0.120 e. The molecule has 0 saturated carbocycles. The van der Waals surface area contributed by atoms with Gasteiger partial charge in [-0.2, -0.15) is 0 Å². The molecule has 13 heavy (non-hydrogen) atoms. The average molecular weight is 180 g/mol. The number of hydrogen-bond donors (Lipinski definition) is 2. The molecule has 1 aliphatic rings. The van der Waals surface area contributed by atoms with Crippen LogP contribution < -0.4 is 10.6 Å². The van der Waals surface area contributed by atoms with Gasteiger partial charge in [0, 0.05) is 12.6 Å². The number of nitrogens with one attached hydrogen (secondary N) is 2. The van der Waals surface area contributed by atoms with E-state index in [1.807, 2.05) is 12.1 Å². The molecule has 2 N–H and O–H groups in total. The van der Waals surface area contributed by atoms with Gasteiger partial charge >= 0.3 is 0 Å². The second-order valence-corrected chi connectivity index (χ2v) is 3.59. The van der Waals surface area contributed by atoms with Gasteiger partial charge in [-0.05, 0) is 32.0 Å². The lowest BCUT2D eigenvalue weighted by Crippen LogP contribution is -2.32. The lowest BCUT2D eigenvalue weighted by molar-refractivity contribution is 0.397. The first-order chi connectivity index (χ1) is 6.36. The number of furan rings is 1. The Kier molecular flexibility index (Phi) is 2.66. The molecule has 3 nitrogen and oxygen atoms in total. The molecule has 2 heterocycles. The maximum atomic E-state index is 5.32. The van der Waals surface area contributed by atoms with E-state index < -0.39 is 0 Å². The van der Waals surface area contributed by atoms with E-state index >= 15 is 0 Å². The molecule has 3 heteroatoms. The highest BCUT2D eigenvalue weighted by atomic mass is 16.3. The summed E-state index contributed by atoms with van der Waals surface area (Å²) in [6, 6.07) is 4.86. The summed E-state index contributed by atoms with van der Waals surface area (Å²) in [5, 5.41) is 6.85. The SMILES string of the molecule is C[C@@H](N[C@H]1CCNC1)c1ccco1. The van der Waals surface area contributed by atoms with Gasteiger partial charge in [-0.1, -0.05) is 0 Å².